The average Bonchev–Trinajstić information content (AvgIpc) is 2.82. The third kappa shape index (κ3) is 4.28. The lowest BCUT2D eigenvalue weighted by Gasteiger charge is -2.25. The Labute approximate surface area is 167 Å². The molecule has 0 aliphatic carbocycles. The molecule has 0 unspecified atom stereocenters. The predicted octanol–water partition coefficient (Wildman–Crippen LogP) is 3.89. The highest BCUT2D eigenvalue weighted by molar-refractivity contribution is 7.92. The van der Waals surface area contributed by atoms with Crippen LogP contribution in [0.2, 0.25) is 0 Å². The molecule has 2 aromatic carbocycles. The lowest BCUT2D eigenvalue weighted by molar-refractivity contribution is -0.120. The second-order valence-corrected chi connectivity index (χ2v) is 9.19. The molecule has 0 aromatic heterocycles. The highest BCUT2D eigenvalue weighted by atomic mass is 32.2. The number of hydrogen-bond acceptors (Lipinski definition) is 3. The van der Waals surface area contributed by atoms with Gasteiger partial charge in [0.2, 0.25) is 5.91 Å². The first-order valence-electron chi connectivity index (χ1n) is 9.46. The van der Waals surface area contributed by atoms with Gasteiger partial charge in [-0.15, -0.1) is 0 Å². The molecule has 0 saturated heterocycles. The van der Waals surface area contributed by atoms with Gasteiger partial charge in [0, 0.05) is 18.2 Å². The fourth-order valence-electron chi connectivity index (χ4n) is 3.35. The number of carbonyl (C=O) groups is 1. The van der Waals surface area contributed by atoms with Gasteiger partial charge in [-0.2, -0.15) is 0 Å². The number of nitrogens with one attached hydrogen (secondary N) is 1. The highest BCUT2D eigenvalue weighted by Gasteiger charge is 2.28. The van der Waals surface area contributed by atoms with Crippen molar-refractivity contribution in [2.24, 2.45) is 0 Å². The van der Waals surface area contributed by atoms with Crippen LogP contribution < -0.4 is 9.62 Å². The summed E-state index contributed by atoms with van der Waals surface area (Å²) >= 11 is 0. The quantitative estimate of drug-likeness (QED) is 0.831. The number of para-hydroxylation sites is 1. The summed E-state index contributed by atoms with van der Waals surface area (Å²) in [7, 11) is -3.69. The molecular formula is C22H26N2O3S. The summed E-state index contributed by atoms with van der Waals surface area (Å²) in [4.78, 5) is 12.6. The Morgan fingerprint density at radius 1 is 1.11 bits per heavy atom. The number of anilines is 1. The number of benzene rings is 2. The number of nitrogens with zero attached hydrogens (tertiary/aromatic N) is 1. The Hall–Kier alpha value is -2.60. The third-order valence-corrected chi connectivity index (χ3v) is 6.48. The molecule has 0 radical (unpaired) electrons. The number of sulfonamides is 1. The van der Waals surface area contributed by atoms with Crippen LogP contribution >= 0.6 is 0 Å². The maximum absolute atomic E-state index is 13.3. The maximum Gasteiger partial charge on any atom is 0.264 e. The molecule has 0 atom stereocenters. The van der Waals surface area contributed by atoms with Gasteiger partial charge in [0.1, 0.15) is 0 Å². The number of carbonyl (C=O) groups excluding carboxylic acids is 1. The summed E-state index contributed by atoms with van der Waals surface area (Å²) in [6, 6.07) is 14.3. The van der Waals surface area contributed by atoms with Gasteiger partial charge in [-0.1, -0.05) is 42.0 Å². The minimum absolute atomic E-state index is 0.0625. The number of rotatable bonds is 5. The monoisotopic (exact) mass is 398 g/mol. The van der Waals surface area contributed by atoms with E-state index in [1.807, 2.05) is 45.0 Å². The SMILES string of the molecule is Cc1ccc(S(=O)(=O)N2CCC=C(CC(=O)NC(C)C)c3ccccc32)cc1. The van der Waals surface area contributed by atoms with Crippen molar-refractivity contribution < 1.29 is 13.2 Å². The number of aryl methyl sites for hydroxylation is 1. The zero-order valence-corrected chi connectivity index (χ0v) is 17.3. The Morgan fingerprint density at radius 3 is 2.46 bits per heavy atom. The average molecular weight is 399 g/mol. The summed E-state index contributed by atoms with van der Waals surface area (Å²) in [6.45, 7) is 6.10. The van der Waals surface area contributed by atoms with E-state index >= 15 is 0 Å². The van der Waals surface area contributed by atoms with E-state index in [4.69, 9.17) is 0 Å². The van der Waals surface area contributed by atoms with E-state index in [9.17, 15) is 13.2 Å². The van der Waals surface area contributed by atoms with Crippen LogP contribution in [0.25, 0.3) is 5.57 Å². The molecule has 1 aliphatic heterocycles. The number of fused-ring (bicyclic) bond motifs is 1. The third-order valence-electron chi connectivity index (χ3n) is 4.65. The Bertz CT molecular complexity index is 993. The highest BCUT2D eigenvalue weighted by Crippen LogP contribution is 2.35. The first-order chi connectivity index (χ1) is 13.3. The largest absolute Gasteiger partial charge is 0.354 e. The van der Waals surface area contributed by atoms with E-state index in [0.717, 1.165) is 16.7 Å². The second-order valence-electron chi connectivity index (χ2n) is 7.32. The molecule has 3 rings (SSSR count). The zero-order valence-electron chi connectivity index (χ0n) is 16.5. The summed E-state index contributed by atoms with van der Waals surface area (Å²) in [6.07, 6.45) is 2.75. The summed E-state index contributed by atoms with van der Waals surface area (Å²) in [5.41, 5.74) is 3.27. The van der Waals surface area contributed by atoms with Crippen molar-refractivity contribution in [1.82, 2.24) is 5.32 Å². The lowest BCUT2D eigenvalue weighted by atomic mass is 10.0. The van der Waals surface area contributed by atoms with Gasteiger partial charge in [0.15, 0.2) is 0 Å². The minimum Gasteiger partial charge on any atom is -0.354 e. The van der Waals surface area contributed by atoms with E-state index < -0.39 is 10.0 Å². The minimum atomic E-state index is -3.69. The molecule has 1 amide bonds. The van der Waals surface area contributed by atoms with Crippen molar-refractivity contribution in [1.29, 1.82) is 0 Å². The van der Waals surface area contributed by atoms with Gasteiger partial charge in [0.05, 0.1) is 17.0 Å². The summed E-state index contributed by atoms with van der Waals surface area (Å²) in [5.74, 6) is -0.0640. The van der Waals surface area contributed by atoms with Gasteiger partial charge >= 0.3 is 0 Å². The topological polar surface area (TPSA) is 66.5 Å². The van der Waals surface area contributed by atoms with Crippen molar-refractivity contribution in [3.05, 3.63) is 65.7 Å². The smallest absolute Gasteiger partial charge is 0.264 e. The van der Waals surface area contributed by atoms with E-state index in [-0.39, 0.29) is 23.3 Å². The Morgan fingerprint density at radius 2 is 1.79 bits per heavy atom. The van der Waals surface area contributed by atoms with Gasteiger partial charge in [-0.05, 0) is 51.0 Å². The fraction of sp³-hybridized carbons (Fsp3) is 0.318. The van der Waals surface area contributed by atoms with Crippen molar-refractivity contribution in [3.63, 3.8) is 0 Å². The van der Waals surface area contributed by atoms with E-state index in [1.54, 1.807) is 30.3 Å². The predicted molar refractivity (Wildman–Crippen MR) is 113 cm³/mol. The van der Waals surface area contributed by atoms with Gasteiger partial charge in [0.25, 0.3) is 10.0 Å². The molecule has 0 fully saturated rings. The summed E-state index contributed by atoms with van der Waals surface area (Å²) < 4.78 is 28.1. The first-order valence-corrected chi connectivity index (χ1v) is 10.9. The van der Waals surface area contributed by atoms with Crippen LogP contribution in [-0.4, -0.2) is 26.9 Å². The zero-order chi connectivity index (χ0) is 20.3. The van der Waals surface area contributed by atoms with Crippen molar-refractivity contribution >= 4 is 27.2 Å². The van der Waals surface area contributed by atoms with Crippen molar-refractivity contribution in [2.75, 3.05) is 10.8 Å². The fourth-order valence-corrected chi connectivity index (χ4v) is 4.85. The molecule has 1 aliphatic rings. The van der Waals surface area contributed by atoms with Crippen molar-refractivity contribution in [3.8, 4) is 0 Å². The lowest BCUT2D eigenvalue weighted by Crippen LogP contribution is -2.32. The van der Waals surface area contributed by atoms with E-state index in [2.05, 4.69) is 5.32 Å². The molecule has 28 heavy (non-hydrogen) atoms. The maximum atomic E-state index is 13.3. The molecule has 6 heteroatoms. The Kier molecular flexibility index (Phi) is 5.89. The van der Waals surface area contributed by atoms with Crippen LogP contribution in [-0.2, 0) is 14.8 Å². The normalized spacial score (nSPS) is 14.3. The van der Waals surface area contributed by atoms with Crippen LogP contribution in [0.5, 0.6) is 0 Å². The van der Waals surface area contributed by atoms with Gasteiger partial charge < -0.3 is 5.32 Å². The number of amides is 1. The molecule has 0 spiro atoms. The van der Waals surface area contributed by atoms with E-state index in [1.165, 1.54) is 4.31 Å². The molecule has 5 nitrogen and oxygen atoms in total. The van der Waals surface area contributed by atoms with E-state index in [0.29, 0.717) is 18.7 Å². The van der Waals surface area contributed by atoms with Crippen LogP contribution in [0.3, 0.4) is 0 Å². The molecule has 1 N–H and O–H groups in total. The van der Waals surface area contributed by atoms with Gasteiger partial charge in [-0.25, -0.2) is 8.42 Å². The van der Waals surface area contributed by atoms with Crippen LogP contribution in [0, 0.1) is 6.92 Å². The van der Waals surface area contributed by atoms with Crippen molar-refractivity contribution in [2.45, 2.75) is 44.6 Å². The molecule has 148 valence electrons. The first kappa shape index (κ1) is 20.1. The van der Waals surface area contributed by atoms with Crippen LogP contribution in [0.4, 0.5) is 5.69 Å². The molecule has 0 bridgehead atoms. The second kappa shape index (κ2) is 8.19. The number of hydrogen-bond donors (Lipinski definition) is 1. The molecule has 1 heterocycles. The Balaban J connectivity index is 1.98. The summed E-state index contributed by atoms with van der Waals surface area (Å²) in [5, 5.41) is 2.90. The molecule has 0 saturated carbocycles. The van der Waals surface area contributed by atoms with Gasteiger partial charge in [-0.3, -0.25) is 9.10 Å². The standard InChI is InChI=1S/C22H26N2O3S/c1-16(2)23-22(25)15-18-7-6-14-24(21-9-5-4-8-20(18)21)28(26,27)19-12-10-17(3)11-13-19/h4-5,7-13,16H,6,14-15H2,1-3H3,(H,23,25). The molecular weight excluding hydrogens is 372 g/mol. The van der Waals surface area contributed by atoms with Crippen LogP contribution in [0.15, 0.2) is 59.5 Å². The van der Waals surface area contributed by atoms with Crippen LogP contribution in [0.1, 0.15) is 37.8 Å². The molecule has 2 aromatic rings.